The number of benzene rings is 1. The maximum atomic E-state index is 11.4. The Morgan fingerprint density at radius 2 is 2.09 bits per heavy atom. The van der Waals surface area contributed by atoms with E-state index in [1.807, 2.05) is 48.0 Å². The number of rotatable bonds is 3. The third kappa shape index (κ3) is 1.67. The van der Waals surface area contributed by atoms with Crippen LogP contribution in [0.4, 0.5) is 0 Å². The van der Waals surface area contributed by atoms with Gasteiger partial charge in [-0.2, -0.15) is 0 Å². The lowest BCUT2D eigenvalue weighted by Crippen LogP contribution is -2.00. The van der Waals surface area contributed by atoms with Crippen LogP contribution < -0.4 is 0 Å². The summed E-state index contributed by atoms with van der Waals surface area (Å²) >= 11 is 0. The fraction of sp³-hybridized carbons (Fsp3) is 0.125. The van der Waals surface area contributed by atoms with Crippen LogP contribution in [0.25, 0.3) is 27.8 Å². The second-order valence-electron chi connectivity index (χ2n) is 5.01. The van der Waals surface area contributed by atoms with E-state index in [0.29, 0.717) is 5.56 Å². The van der Waals surface area contributed by atoms with Crippen molar-refractivity contribution in [1.82, 2.24) is 24.5 Å². The number of aromatic nitrogens is 5. The van der Waals surface area contributed by atoms with Crippen molar-refractivity contribution < 1.29 is 4.79 Å². The predicted molar refractivity (Wildman–Crippen MR) is 83.2 cm³/mol. The molecule has 4 aromatic rings. The molecule has 0 radical (unpaired) electrons. The minimum absolute atomic E-state index is 0.611. The van der Waals surface area contributed by atoms with Gasteiger partial charge in [-0.1, -0.05) is 17.3 Å². The van der Waals surface area contributed by atoms with Gasteiger partial charge >= 0.3 is 0 Å². The fourth-order valence-corrected chi connectivity index (χ4v) is 2.78. The lowest BCUT2D eigenvalue weighted by molar-refractivity contribution is 0.112. The summed E-state index contributed by atoms with van der Waals surface area (Å²) in [6.07, 6.45) is 4.42. The summed E-state index contributed by atoms with van der Waals surface area (Å²) < 4.78 is 3.72. The van der Waals surface area contributed by atoms with Crippen molar-refractivity contribution in [3.05, 3.63) is 48.3 Å². The van der Waals surface area contributed by atoms with Gasteiger partial charge in [-0.25, -0.2) is 9.67 Å². The molecule has 0 amide bonds. The Morgan fingerprint density at radius 3 is 2.91 bits per heavy atom. The van der Waals surface area contributed by atoms with Crippen molar-refractivity contribution in [2.45, 2.75) is 13.5 Å². The summed E-state index contributed by atoms with van der Waals surface area (Å²) in [5, 5.41) is 9.22. The van der Waals surface area contributed by atoms with Crippen LogP contribution in [-0.4, -0.2) is 30.8 Å². The van der Waals surface area contributed by atoms with E-state index >= 15 is 0 Å². The maximum Gasteiger partial charge on any atom is 0.152 e. The standard InChI is InChI=1S/C16H13N5O/c1-2-20-9-11(10-22)15-14(7-8-17-16(15)20)21-13-6-4-3-5-12(13)18-19-21/h3-10H,2H2,1H3. The lowest BCUT2D eigenvalue weighted by Gasteiger charge is -2.05. The molecular weight excluding hydrogens is 278 g/mol. The van der Waals surface area contributed by atoms with Crippen LogP contribution >= 0.6 is 0 Å². The predicted octanol–water partition coefficient (Wildman–Crippen LogP) is 2.60. The number of para-hydroxylation sites is 1. The normalized spacial score (nSPS) is 11.3. The van der Waals surface area contributed by atoms with E-state index in [1.165, 1.54) is 0 Å². The molecule has 0 aliphatic rings. The summed E-state index contributed by atoms with van der Waals surface area (Å²) in [5.74, 6) is 0. The first kappa shape index (κ1) is 12.7. The Kier molecular flexibility index (Phi) is 2.75. The summed E-state index contributed by atoms with van der Waals surface area (Å²) in [6.45, 7) is 2.77. The quantitative estimate of drug-likeness (QED) is 0.544. The summed E-state index contributed by atoms with van der Waals surface area (Å²) in [4.78, 5) is 15.9. The Morgan fingerprint density at radius 1 is 1.23 bits per heavy atom. The van der Waals surface area contributed by atoms with Crippen molar-refractivity contribution in [2.75, 3.05) is 0 Å². The average Bonchev–Trinajstić information content (AvgIpc) is 3.16. The average molecular weight is 291 g/mol. The zero-order valence-corrected chi connectivity index (χ0v) is 12.0. The van der Waals surface area contributed by atoms with E-state index in [4.69, 9.17) is 0 Å². The monoisotopic (exact) mass is 291 g/mol. The van der Waals surface area contributed by atoms with Crippen LogP contribution in [-0.2, 0) is 6.54 Å². The highest BCUT2D eigenvalue weighted by Gasteiger charge is 2.16. The Bertz CT molecular complexity index is 998. The molecule has 0 spiro atoms. The van der Waals surface area contributed by atoms with Gasteiger partial charge in [-0.3, -0.25) is 4.79 Å². The van der Waals surface area contributed by atoms with Gasteiger partial charge in [-0.05, 0) is 25.1 Å². The first-order chi connectivity index (χ1) is 10.8. The molecule has 22 heavy (non-hydrogen) atoms. The SMILES string of the molecule is CCn1cc(C=O)c2c(-n3nnc4ccccc43)ccnc21. The van der Waals surface area contributed by atoms with Gasteiger partial charge in [0.15, 0.2) is 6.29 Å². The van der Waals surface area contributed by atoms with Crippen LogP contribution in [0.1, 0.15) is 17.3 Å². The van der Waals surface area contributed by atoms with Crippen molar-refractivity contribution in [2.24, 2.45) is 0 Å². The van der Waals surface area contributed by atoms with E-state index in [0.717, 1.165) is 40.6 Å². The third-order valence-corrected chi connectivity index (χ3v) is 3.81. The molecule has 0 saturated heterocycles. The van der Waals surface area contributed by atoms with Gasteiger partial charge in [0.1, 0.15) is 11.2 Å². The largest absolute Gasteiger partial charge is 0.332 e. The molecule has 0 N–H and O–H groups in total. The highest BCUT2D eigenvalue weighted by molar-refractivity contribution is 6.01. The molecule has 0 aliphatic carbocycles. The Balaban J connectivity index is 2.11. The second-order valence-corrected chi connectivity index (χ2v) is 5.01. The zero-order valence-electron chi connectivity index (χ0n) is 12.0. The zero-order chi connectivity index (χ0) is 15.1. The topological polar surface area (TPSA) is 65.6 Å². The number of fused-ring (bicyclic) bond motifs is 2. The number of pyridine rings is 1. The third-order valence-electron chi connectivity index (χ3n) is 3.81. The van der Waals surface area contributed by atoms with E-state index in [1.54, 1.807) is 10.9 Å². The molecular formula is C16H13N5O. The molecule has 0 saturated carbocycles. The van der Waals surface area contributed by atoms with Crippen LogP contribution in [0.2, 0.25) is 0 Å². The highest BCUT2D eigenvalue weighted by atomic mass is 16.1. The number of nitrogens with zero attached hydrogens (tertiary/aromatic N) is 5. The molecule has 6 heteroatoms. The number of aryl methyl sites for hydroxylation is 1. The maximum absolute atomic E-state index is 11.4. The van der Waals surface area contributed by atoms with E-state index in [2.05, 4.69) is 15.3 Å². The van der Waals surface area contributed by atoms with E-state index in [-0.39, 0.29) is 0 Å². The van der Waals surface area contributed by atoms with Crippen LogP contribution in [0.3, 0.4) is 0 Å². The molecule has 3 heterocycles. The van der Waals surface area contributed by atoms with Gasteiger partial charge in [0, 0.05) is 24.5 Å². The minimum atomic E-state index is 0.611. The number of carbonyl (C=O) groups is 1. The van der Waals surface area contributed by atoms with Gasteiger partial charge in [0.25, 0.3) is 0 Å². The molecule has 0 atom stereocenters. The van der Waals surface area contributed by atoms with Gasteiger partial charge < -0.3 is 4.57 Å². The smallest absolute Gasteiger partial charge is 0.152 e. The van der Waals surface area contributed by atoms with Crippen LogP contribution in [0.5, 0.6) is 0 Å². The summed E-state index contributed by atoms with van der Waals surface area (Å²) in [6, 6.07) is 9.59. The second kappa shape index (κ2) is 4.77. The van der Waals surface area contributed by atoms with Gasteiger partial charge in [0.2, 0.25) is 0 Å². The van der Waals surface area contributed by atoms with Gasteiger partial charge in [-0.15, -0.1) is 5.10 Å². The molecule has 0 aliphatic heterocycles. The highest BCUT2D eigenvalue weighted by Crippen LogP contribution is 2.27. The van der Waals surface area contributed by atoms with Crippen LogP contribution in [0.15, 0.2) is 42.7 Å². The first-order valence-electron chi connectivity index (χ1n) is 7.07. The molecule has 6 nitrogen and oxygen atoms in total. The molecule has 0 bridgehead atoms. The van der Waals surface area contributed by atoms with Gasteiger partial charge in [0.05, 0.1) is 16.6 Å². The molecule has 108 valence electrons. The Labute approximate surface area is 126 Å². The molecule has 0 fully saturated rings. The number of hydrogen-bond donors (Lipinski definition) is 0. The summed E-state index contributed by atoms with van der Waals surface area (Å²) in [7, 11) is 0. The summed E-state index contributed by atoms with van der Waals surface area (Å²) in [5.41, 5.74) is 3.92. The molecule has 0 unspecified atom stereocenters. The number of hydrogen-bond acceptors (Lipinski definition) is 4. The first-order valence-corrected chi connectivity index (χ1v) is 7.07. The van der Waals surface area contributed by atoms with E-state index in [9.17, 15) is 4.79 Å². The number of carbonyl (C=O) groups excluding carboxylic acids is 1. The van der Waals surface area contributed by atoms with Crippen molar-refractivity contribution in [1.29, 1.82) is 0 Å². The van der Waals surface area contributed by atoms with Crippen molar-refractivity contribution >= 4 is 28.4 Å². The minimum Gasteiger partial charge on any atom is -0.332 e. The molecule has 1 aromatic carbocycles. The molecule has 4 rings (SSSR count). The van der Waals surface area contributed by atoms with Crippen molar-refractivity contribution in [3.63, 3.8) is 0 Å². The lowest BCUT2D eigenvalue weighted by atomic mass is 10.2. The fourth-order valence-electron chi connectivity index (χ4n) is 2.78. The molecule has 3 aromatic heterocycles. The van der Waals surface area contributed by atoms with Crippen LogP contribution in [0, 0.1) is 0 Å². The number of aldehydes is 1. The Hall–Kier alpha value is -3.02. The van der Waals surface area contributed by atoms with E-state index < -0.39 is 0 Å². The van der Waals surface area contributed by atoms with Crippen molar-refractivity contribution in [3.8, 4) is 5.69 Å².